The zero-order chi connectivity index (χ0) is 18.4. The molecule has 132 valence electrons. The van der Waals surface area contributed by atoms with Crippen LogP contribution in [-0.2, 0) is 9.59 Å². The third-order valence-corrected chi connectivity index (χ3v) is 3.62. The quantitative estimate of drug-likeness (QED) is 0.375. The molecule has 7 nitrogen and oxygen atoms in total. The minimum atomic E-state index is -0.852. The van der Waals surface area contributed by atoms with Crippen molar-refractivity contribution in [3.8, 4) is 5.75 Å². The lowest BCUT2D eigenvalue weighted by Crippen LogP contribution is -2.32. The van der Waals surface area contributed by atoms with Crippen molar-refractivity contribution < 1.29 is 14.3 Å². The molecule has 1 aromatic heterocycles. The van der Waals surface area contributed by atoms with E-state index < -0.39 is 11.8 Å². The molecule has 3 N–H and O–H groups in total. The summed E-state index contributed by atoms with van der Waals surface area (Å²) in [5.74, 6) is -0.960. The fourth-order valence-electron chi connectivity index (χ4n) is 2.40. The largest absolute Gasteiger partial charge is 0.494 e. The van der Waals surface area contributed by atoms with Crippen molar-refractivity contribution in [2.24, 2.45) is 5.10 Å². The molecule has 3 aromatic rings. The van der Waals surface area contributed by atoms with Gasteiger partial charge in [-0.1, -0.05) is 18.2 Å². The highest BCUT2D eigenvalue weighted by Crippen LogP contribution is 2.16. The number of hydrazone groups is 1. The summed E-state index contributed by atoms with van der Waals surface area (Å²) in [6.07, 6.45) is 3.27. The number of amides is 2. The van der Waals surface area contributed by atoms with Crippen molar-refractivity contribution in [3.63, 3.8) is 0 Å². The van der Waals surface area contributed by atoms with Gasteiger partial charge in [0, 0.05) is 28.4 Å². The fraction of sp³-hybridized carbons (Fsp3) is 0.105. The number of nitrogens with one attached hydrogen (secondary N) is 3. The number of carbonyl (C=O) groups excluding carboxylic acids is 2. The van der Waals surface area contributed by atoms with Crippen LogP contribution in [0.3, 0.4) is 0 Å². The number of anilines is 1. The molecule has 2 amide bonds. The summed E-state index contributed by atoms with van der Waals surface area (Å²) in [5, 5.41) is 7.31. The van der Waals surface area contributed by atoms with E-state index in [2.05, 4.69) is 20.8 Å². The Labute approximate surface area is 150 Å². The van der Waals surface area contributed by atoms with E-state index in [9.17, 15) is 9.59 Å². The molecule has 0 unspecified atom stereocenters. The van der Waals surface area contributed by atoms with Crippen LogP contribution in [0.15, 0.2) is 59.8 Å². The fourth-order valence-corrected chi connectivity index (χ4v) is 2.40. The van der Waals surface area contributed by atoms with Crippen molar-refractivity contribution in [3.05, 3.63) is 60.3 Å². The second-order valence-corrected chi connectivity index (χ2v) is 5.40. The van der Waals surface area contributed by atoms with E-state index in [1.807, 2.05) is 31.2 Å². The molecule has 0 aliphatic rings. The van der Waals surface area contributed by atoms with Crippen molar-refractivity contribution in [1.29, 1.82) is 0 Å². The number of nitrogens with zero attached hydrogens (tertiary/aromatic N) is 1. The molecule has 0 saturated heterocycles. The first-order chi connectivity index (χ1) is 12.7. The lowest BCUT2D eigenvalue weighted by atomic mass is 10.2. The van der Waals surface area contributed by atoms with Crippen LogP contribution in [-0.4, -0.2) is 29.6 Å². The maximum atomic E-state index is 11.9. The first-order valence-corrected chi connectivity index (χ1v) is 8.10. The second kappa shape index (κ2) is 7.98. The first-order valence-electron chi connectivity index (χ1n) is 8.10. The number of ether oxygens (including phenoxy) is 1. The molecule has 0 bridgehead atoms. The minimum absolute atomic E-state index is 0.495. The third kappa shape index (κ3) is 4.07. The van der Waals surface area contributed by atoms with Gasteiger partial charge in [0.1, 0.15) is 5.75 Å². The van der Waals surface area contributed by atoms with Crippen molar-refractivity contribution in [1.82, 2.24) is 10.4 Å². The number of para-hydroxylation sites is 1. The lowest BCUT2D eigenvalue weighted by Gasteiger charge is -2.06. The highest BCUT2D eigenvalue weighted by Gasteiger charge is 2.13. The molecule has 3 rings (SSSR count). The normalized spacial score (nSPS) is 10.8. The van der Waals surface area contributed by atoms with Crippen molar-refractivity contribution in [2.45, 2.75) is 6.92 Å². The van der Waals surface area contributed by atoms with Gasteiger partial charge in [0.2, 0.25) is 0 Å². The van der Waals surface area contributed by atoms with Crippen LogP contribution in [0, 0.1) is 0 Å². The van der Waals surface area contributed by atoms with Crippen LogP contribution in [0.2, 0.25) is 0 Å². The van der Waals surface area contributed by atoms with Crippen molar-refractivity contribution >= 4 is 34.6 Å². The highest BCUT2D eigenvalue weighted by molar-refractivity contribution is 6.39. The Bertz CT molecular complexity index is 945. The molecule has 2 aromatic carbocycles. The molecular formula is C19H18N4O3. The Kier molecular flexibility index (Phi) is 5.28. The summed E-state index contributed by atoms with van der Waals surface area (Å²) < 4.78 is 5.32. The molecule has 0 saturated carbocycles. The molecule has 0 radical (unpaired) electrons. The monoisotopic (exact) mass is 350 g/mol. The molecule has 7 heteroatoms. The molecule has 0 spiro atoms. The van der Waals surface area contributed by atoms with Gasteiger partial charge >= 0.3 is 11.8 Å². The van der Waals surface area contributed by atoms with E-state index in [0.29, 0.717) is 18.0 Å². The Hall–Kier alpha value is -3.61. The van der Waals surface area contributed by atoms with Crippen LogP contribution in [0.25, 0.3) is 10.9 Å². The number of fused-ring (bicyclic) bond motifs is 1. The predicted octanol–water partition coefficient (Wildman–Crippen LogP) is 2.66. The average Bonchev–Trinajstić information content (AvgIpc) is 3.07. The van der Waals surface area contributed by atoms with Gasteiger partial charge in [-0.25, -0.2) is 5.43 Å². The van der Waals surface area contributed by atoms with Gasteiger partial charge in [-0.05, 0) is 37.3 Å². The molecule has 0 fully saturated rings. The Morgan fingerprint density at radius 1 is 1.12 bits per heavy atom. The topological polar surface area (TPSA) is 95.6 Å². The Morgan fingerprint density at radius 2 is 1.88 bits per heavy atom. The van der Waals surface area contributed by atoms with E-state index in [0.717, 1.165) is 16.5 Å². The number of benzene rings is 2. The van der Waals surface area contributed by atoms with Gasteiger partial charge in [-0.15, -0.1) is 0 Å². The zero-order valence-electron chi connectivity index (χ0n) is 14.2. The number of aromatic amines is 1. The summed E-state index contributed by atoms with van der Waals surface area (Å²) in [6.45, 7) is 2.44. The lowest BCUT2D eigenvalue weighted by molar-refractivity contribution is -0.136. The van der Waals surface area contributed by atoms with E-state index in [1.165, 1.54) is 6.21 Å². The van der Waals surface area contributed by atoms with Gasteiger partial charge in [0.05, 0.1) is 12.8 Å². The molecule has 0 atom stereocenters. The van der Waals surface area contributed by atoms with Crippen molar-refractivity contribution in [2.75, 3.05) is 11.9 Å². The number of aromatic nitrogens is 1. The summed E-state index contributed by atoms with van der Waals surface area (Å²) in [4.78, 5) is 26.8. The summed E-state index contributed by atoms with van der Waals surface area (Å²) in [5.41, 5.74) is 4.49. The average molecular weight is 350 g/mol. The van der Waals surface area contributed by atoms with Gasteiger partial charge in [0.15, 0.2) is 0 Å². The third-order valence-electron chi connectivity index (χ3n) is 3.62. The van der Waals surface area contributed by atoms with Gasteiger partial charge < -0.3 is 15.0 Å². The minimum Gasteiger partial charge on any atom is -0.494 e. The summed E-state index contributed by atoms with van der Waals surface area (Å²) in [7, 11) is 0. The molecule has 26 heavy (non-hydrogen) atoms. The number of H-pyrrole nitrogens is 1. The molecule has 0 aliphatic heterocycles. The maximum Gasteiger partial charge on any atom is 0.329 e. The highest BCUT2D eigenvalue weighted by atomic mass is 16.5. The number of carbonyl (C=O) groups is 2. The number of hydrogen-bond donors (Lipinski definition) is 3. The standard InChI is InChI=1S/C19H18N4O3/c1-2-26-15-9-7-14(8-10-15)22-18(24)19(25)23-21-12-13-11-20-17-6-4-3-5-16(13)17/h3-12,20H,2H2,1H3,(H,22,24)(H,23,25)/b21-12+. The summed E-state index contributed by atoms with van der Waals surface area (Å²) in [6, 6.07) is 14.5. The molecular weight excluding hydrogens is 332 g/mol. The van der Waals surface area contributed by atoms with Gasteiger partial charge in [0.25, 0.3) is 0 Å². The predicted molar refractivity (Wildman–Crippen MR) is 100 cm³/mol. The Balaban J connectivity index is 1.56. The van der Waals surface area contributed by atoms with Gasteiger partial charge in [-0.3, -0.25) is 9.59 Å². The number of hydrogen-bond acceptors (Lipinski definition) is 4. The van der Waals surface area contributed by atoms with E-state index in [4.69, 9.17) is 4.74 Å². The van der Waals surface area contributed by atoms with Crippen LogP contribution >= 0.6 is 0 Å². The van der Waals surface area contributed by atoms with Crippen LogP contribution in [0.1, 0.15) is 12.5 Å². The molecule has 0 aliphatic carbocycles. The van der Waals surface area contributed by atoms with E-state index in [-0.39, 0.29) is 0 Å². The SMILES string of the molecule is CCOc1ccc(NC(=O)C(=O)N/N=C/c2c[nH]c3ccccc23)cc1. The van der Waals surface area contributed by atoms with Crippen LogP contribution < -0.4 is 15.5 Å². The zero-order valence-corrected chi connectivity index (χ0v) is 14.2. The second-order valence-electron chi connectivity index (χ2n) is 5.40. The smallest absolute Gasteiger partial charge is 0.329 e. The molecule has 1 heterocycles. The number of rotatable bonds is 5. The first kappa shape index (κ1) is 17.2. The van der Waals surface area contributed by atoms with Crippen LogP contribution in [0.5, 0.6) is 5.75 Å². The summed E-state index contributed by atoms with van der Waals surface area (Å²) >= 11 is 0. The Morgan fingerprint density at radius 3 is 2.65 bits per heavy atom. The van der Waals surface area contributed by atoms with E-state index >= 15 is 0 Å². The van der Waals surface area contributed by atoms with Gasteiger partial charge in [-0.2, -0.15) is 5.10 Å². The maximum absolute atomic E-state index is 11.9. The van der Waals surface area contributed by atoms with E-state index in [1.54, 1.807) is 30.5 Å². The van der Waals surface area contributed by atoms with Crippen LogP contribution in [0.4, 0.5) is 5.69 Å².